The van der Waals surface area contributed by atoms with Gasteiger partial charge in [-0.15, -0.1) is 0 Å². The predicted molar refractivity (Wildman–Crippen MR) is 87.2 cm³/mol. The summed E-state index contributed by atoms with van der Waals surface area (Å²) in [4.78, 5) is 5.38. The van der Waals surface area contributed by atoms with Crippen molar-refractivity contribution in [3.8, 4) is 0 Å². The minimum absolute atomic E-state index is 0.453. The molecule has 1 saturated carbocycles. The normalized spacial score (nSPS) is 32.1. The smallest absolute Gasteiger partial charge is 0.0274 e. The minimum atomic E-state index is 0.453. The van der Waals surface area contributed by atoms with Crippen molar-refractivity contribution in [1.29, 1.82) is 0 Å². The quantitative estimate of drug-likeness (QED) is 0.835. The molecule has 0 aromatic heterocycles. The monoisotopic (exact) mass is 281 g/mol. The topological polar surface area (TPSA) is 18.5 Å². The Hall–Kier alpha value is -0.120. The van der Waals surface area contributed by atoms with Gasteiger partial charge in [-0.3, -0.25) is 9.80 Å². The van der Waals surface area contributed by atoms with Gasteiger partial charge in [0, 0.05) is 44.3 Å². The zero-order valence-corrected chi connectivity index (χ0v) is 14.3. The summed E-state index contributed by atoms with van der Waals surface area (Å²) in [5.74, 6) is 0. The van der Waals surface area contributed by atoms with Crippen LogP contribution in [-0.2, 0) is 0 Å². The van der Waals surface area contributed by atoms with E-state index in [1.165, 1.54) is 45.4 Å². The number of nitrogens with zero attached hydrogens (tertiary/aromatic N) is 2. The van der Waals surface area contributed by atoms with E-state index in [1.807, 2.05) is 0 Å². The van der Waals surface area contributed by atoms with E-state index < -0.39 is 0 Å². The third-order valence-corrected chi connectivity index (χ3v) is 5.47. The lowest BCUT2D eigenvalue weighted by Gasteiger charge is -2.43. The number of hydrogen-bond donors (Lipinski definition) is 1. The Morgan fingerprint density at radius 3 is 2.35 bits per heavy atom. The lowest BCUT2D eigenvalue weighted by Crippen LogP contribution is -2.57. The van der Waals surface area contributed by atoms with Crippen LogP contribution in [0.25, 0.3) is 0 Å². The Morgan fingerprint density at radius 2 is 1.80 bits per heavy atom. The molecule has 3 heteroatoms. The molecule has 1 N–H and O–H groups in total. The fourth-order valence-electron chi connectivity index (χ4n) is 4.05. The fourth-order valence-corrected chi connectivity index (χ4v) is 4.05. The second-order valence-corrected chi connectivity index (χ2v) is 7.69. The zero-order chi connectivity index (χ0) is 14.8. The average molecular weight is 281 g/mol. The van der Waals surface area contributed by atoms with Crippen molar-refractivity contribution < 1.29 is 0 Å². The molecule has 0 spiro atoms. The van der Waals surface area contributed by atoms with E-state index in [-0.39, 0.29) is 0 Å². The summed E-state index contributed by atoms with van der Waals surface area (Å²) >= 11 is 0. The summed E-state index contributed by atoms with van der Waals surface area (Å²) in [5, 5.41) is 3.85. The van der Waals surface area contributed by atoms with Crippen LogP contribution in [0, 0.1) is 5.41 Å². The molecule has 0 bridgehead atoms. The lowest BCUT2D eigenvalue weighted by atomic mass is 9.86. The molecule has 0 aromatic rings. The van der Waals surface area contributed by atoms with Gasteiger partial charge in [0.15, 0.2) is 0 Å². The molecule has 20 heavy (non-hydrogen) atoms. The van der Waals surface area contributed by atoms with Crippen LogP contribution in [0.3, 0.4) is 0 Å². The first kappa shape index (κ1) is 16.3. The van der Waals surface area contributed by atoms with E-state index in [9.17, 15) is 0 Å². The fraction of sp³-hybridized carbons (Fsp3) is 1.00. The van der Waals surface area contributed by atoms with E-state index in [4.69, 9.17) is 0 Å². The van der Waals surface area contributed by atoms with Gasteiger partial charge in [-0.25, -0.2) is 0 Å². The van der Waals surface area contributed by atoms with Gasteiger partial charge in [-0.1, -0.05) is 20.8 Å². The van der Waals surface area contributed by atoms with Crippen molar-refractivity contribution in [2.45, 2.75) is 72.0 Å². The Morgan fingerprint density at radius 1 is 1.15 bits per heavy atom. The molecule has 1 aliphatic heterocycles. The molecule has 3 nitrogen and oxygen atoms in total. The van der Waals surface area contributed by atoms with Gasteiger partial charge in [-0.05, 0) is 45.1 Å². The highest BCUT2D eigenvalue weighted by Gasteiger charge is 2.44. The van der Waals surface area contributed by atoms with Gasteiger partial charge in [0.25, 0.3) is 0 Å². The molecular weight excluding hydrogens is 246 g/mol. The molecule has 0 radical (unpaired) electrons. The summed E-state index contributed by atoms with van der Waals surface area (Å²) in [6.45, 7) is 18.0. The van der Waals surface area contributed by atoms with Gasteiger partial charge in [0.1, 0.15) is 0 Å². The first-order valence-electron chi connectivity index (χ1n) is 8.67. The molecule has 2 rings (SSSR count). The van der Waals surface area contributed by atoms with Crippen LogP contribution in [0.4, 0.5) is 0 Å². The molecule has 2 unspecified atom stereocenters. The Labute approximate surface area is 126 Å². The summed E-state index contributed by atoms with van der Waals surface area (Å²) in [5.41, 5.74) is 0.453. The molecule has 2 aliphatic rings. The van der Waals surface area contributed by atoms with E-state index in [1.54, 1.807) is 0 Å². The van der Waals surface area contributed by atoms with Gasteiger partial charge in [-0.2, -0.15) is 0 Å². The highest BCUT2D eigenvalue weighted by atomic mass is 15.3. The van der Waals surface area contributed by atoms with E-state index in [0.29, 0.717) is 17.5 Å². The molecular formula is C17H35N3. The Bertz CT molecular complexity index is 293. The van der Waals surface area contributed by atoms with Crippen LogP contribution in [0.1, 0.15) is 53.9 Å². The van der Waals surface area contributed by atoms with E-state index in [2.05, 4.69) is 49.7 Å². The number of nitrogens with one attached hydrogen (secondary N) is 1. The molecule has 2 atom stereocenters. The summed E-state index contributed by atoms with van der Waals surface area (Å²) in [6.07, 6.45) is 3.97. The number of piperazine rings is 1. The van der Waals surface area contributed by atoms with Crippen molar-refractivity contribution >= 4 is 0 Å². The standard InChI is InChI=1S/C17H35N3/c1-6-9-18-16-15(7-8-17(16,4)5)20-12-10-19(11-13-20)14(2)3/h14-16,18H,6-13H2,1-5H3. The number of hydrogen-bond acceptors (Lipinski definition) is 3. The first-order valence-corrected chi connectivity index (χ1v) is 8.67. The van der Waals surface area contributed by atoms with Crippen LogP contribution in [0.5, 0.6) is 0 Å². The SMILES string of the molecule is CCCNC1C(N2CCN(C(C)C)CC2)CCC1(C)C. The summed E-state index contributed by atoms with van der Waals surface area (Å²) in [6, 6.07) is 2.13. The molecule has 0 aromatic carbocycles. The highest BCUT2D eigenvalue weighted by Crippen LogP contribution is 2.40. The molecule has 0 amide bonds. The van der Waals surface area contributed by atoms with Gasteiger partial charge < -0.3 is 5.32 Å². The van der Waals surface area contributed by atoms with Gasteiger partial charge in [0.2, 0.25) is 0 Å². The molecule has 118 valence electrons. The van der Waals surface area contributed by atoms with Crippen LogP contribution >= 0.6 is 0 Å². The maximum absolute atomic E-state index is 3.85. The first-order chi connectivity index (χ1) is 9.45. The molecule has 1 heterocycles. The lowest BCUT2D eigenvalue weighted by molar-refractivity contribution is 0.0625. The maximum Gasteiger partial charge on any atom is 0.0274 e. The second kappa shape index (κ2) is 6.76. The molecule has 1 saturated heterocycles. The Kier molecular flexibility index (Phi) is 5.49. The molecule has 2 fully saturated rings. The summed E-state index contributed by atoms with van der Waals surface area (Å²) in [7, 11) is 0. The van der Waals surface area contributed by atoms with Crippen molar-refractivity contribution in [2.24, 2.45) is 5.41 Å². The highest BCUT2D eigenvalue weighted by molar-refractivity contribution is 5.01. The van der Waals surface area contributed by atoms with Crippen molar-refractivity contribution in [2.75, 3.05) is 32.7 Å². The predicted octanol–water partition coefficient (Wildman–Crippen LogP) is 2.57. The van der Waals surface area contributed by atoms with Gasteiger partial charge >= 0.3 is 0 Å². The third-order valence-electron chi connectivity index (χ3n) is 5.47. The Balaban J connectivity index is 1.94. The van der Waals surface area contributed by atoms with Crippen LogP contribution in [0.2, 0.25) is 0 Å². The average Bonchev–Trinajstić information content (AvgIpc) is 2.71. The second-order valence-electron chi connectivity index (χ2n) is 7.69. The van der Waals surface area contributed by atoms with Crippen LogP contribution < -0.4 is 5.32 Å². The van der Waals surface area contributed by atoms with Gasteiger partial charge in [0.05, 0.1) is 0 Å². The summed E-state index contributed by atoms with van der Waals surface area (Å²) < 4.78 is 0. The van der Waals surface area contributed by atoms with Crippen molar-refractivity contribution in [3.05, 3.63) is 0 Å². The van der Waals surface area contributed by atoms with E-state index in [0.717, 1.165) is 12.6 Å². The zero-order valence-electron chi connectivity index (χ0n) is 14.3. The molecule has 1 aliphatic carbocycles. The van der Waals surface area contributed by atoms with Crippen molar-refractivity contribution in [1.82, 2.24) is 15.1 Å². The van der Waals surface area contributed by atoms with Crippen molar-refractivity contribution in [3.63, 3.8) is 0 Å². The largest absolute Gasteiger partial charge is 0.312 e. The van der Waals surface area contributed by atoms with Crippen LogP contribution in [-0.4, -0.2) is 60.6 Å². The number of rotatable bonds is 5. The van der Waals surface area contributed by atoms with E-state index >= 15 is 0 Å². The third kappa shape index (κ3) is 3.55. The van der Waals surface area contributed by atoms with Crippen LogP contribution in [0.15, 0.2) is 0 Å². The maximum atomic E-state index is 3.85. The minimum Gasteiger partial charge on any atom is -0.312 e.